The number of imide groups is 1. The average molecular weight is 357 g/mol. The van der Waals surface area contributed by atoms with Crippen LogP contribution in [0.4, 0.5) is 4.79 Å². The van der Waals surface area contributed by atoms with Crippen molar-refractivity contribution in [3.63, 3.8) is 0 Å². The molecule has 0 aromatic heterocycles. The molecule has 1 unspecified atom stereocenters. The summed E-state index contributed by atoms with van der Waals surface area (Å²) in [6, 6.07) is 10.3. The highest BCUT2D eigenvalue weighted by Crippen LogP contribution is 2.20. The smallest absolute Gasteiger partial charge is 0.324 e. The Morgan fingerprint density at radius 2 is 2.12 bits per heavy atom. The first-order chi connectivity index (χ1) is 12.7. The Balaban J connectivity index is 1.54. The van der Waals surface area contributed by atoms with E-state index >= 15 is 0 Å². The predicted octanol–water partition coefficient (Wildman–Crippen LogP) is 1.07. The highest BCUT2D eigenvalue weighted by molar-refractivity contribution is 6.01. The molecule has 140 valence electrons. The van der Waals surface area contributed by atoms with Gasteiger partial charge >= 0.3 is 6.03 Å². The van der Waals surface area contributed by atoms with Gasteiger partial charge in [-0.25, -0.2) is 4.79 Å². The van der Waals surface area contributed by atoms with E-state index < -0.39 is 0 Å². The fraction of sp³-hybridized carbons (Fsp3) is 0.526. The third-order valence-electron chi connectivity index (χ3n) is 4.81. The zero-order valence-electron chi connectivity index (χ0n) is 15.3. The van der Waals surface area contributed by atoms with E-state index in [1.165, 1.54) is 10.5 Å². The fourth-order valence-corrected chi connectivity index (χ4v) is 3.50. The summed E-state index contributed by atoms with van der Waals surface area (Å²) < 4.78 is 0. The third-order valence-corrected chi connectivity index (χ3v) is 4.81. The van der Waals surface area contributed by atoms with Crippen LogP contribution >= 0.6 is 0 Å². The minimum atomic E-state index is -0.320. The lowest BCUT2D eigenvalue weighted by atomic mass is 9.99. The Labute approximate surface area is 154 Å². The summed E-state index contributed by atoms with van der Waals surface area (Å²) in [6.45, 7) is 5.63. The quantitative estimate of drug-likeness (QED) is 0.454. The number of guanidine groups is 1. The molecular weight excluding hydrogens is 330 g/mol. The van der Waals surface area contributed by atoms with Crippen molar-refractivity contribution in [1.29, 1.82) is 0 Å². The van der Waals surface area contributed by atoms with Crippen molar-refractivity contribution in [2.24, 2.45) is 10.9 Å². The van der Waals surface area contributed by atoms with E-state index in [9.17, 15) is 9.59 Å². The molecule has 0 radical (unpaired) electrons. The maximum absolute atomic E-state index is 11.6. The Morgan fingerprint density at radius 1 is 1.31 bits per heavy atom. The second kappa shape index (κ2) is 8.69. The van der Waals surface area contributed by atoms with Gasteiger partial charge in [0.25, 0.3) is 0 Å². The number of benzene rings is 1. The first kappa shape index (κ1) is 18.2. The zero-order valence-corrected chi connectivity index (χ0v) is 15.3. The number of likely N-dealkylation sites (tertiary alicyclic amines) is 1. The van der Waals surface area contributed by atoms with Crippen LogP contribution in [0.3, 0.4) is 0 Å². The van der Waals surface area contributed by atoms with E-state index in [0.717, 1.165) is 38.4 Å². The highest BCUT2D eigenvalue weighted by Gasteiger charge is 2.28. The van der Waals surface area contributed by atoms with E-state index in [1.807, 2.05) is 13.0 Å². The molecule has 7 heteroatoms. The highest BCUT2D eigenvalue weighted by atomic mass is 16.2. The van der Waals surface area contributed by atoms with Gasteiger partial charge in [-0.1, -0.05) is 30.3 Å². The van der Waals surface area contributed by atoms with Crippen LogP contribution in [0.15, 0.2) is 35.3 Å². The van der Waals surface area contributed by atoms with Crippen molar-refractivity contribution in [1.82, 2.24) is 20.4 Å². The second-order valence-corrected chi connectivity index (χ2v) is 6.73. The topological polar surface area (TPSA) is 77.0 Å². The maximum atomic E-state index is 11.6. The molecule has 0 aliphatic carbocycles. The van der Waals surface area contributed by atoms with Crippen LogP contribution in [0.1, 0.15) is 18.9 Å². The summed E-state index contributed by atoms with van der Waals surface area (Å²) in [5, 5.41) is 5.86. The molecule has 2 heterocycles. The number of urea groups is 1. The molecule has 2 saturated heterocycles. The van der Waals surface area contributed by atoms with Gasteiger partial charge in [0, 0.05) is 19.6 Å². The first-order valence-corrected chi connectivity index (χ1v) is 9.32. The summed E-state index contributed by atoms with van der Waals surface area (Å²) in [7, 11) is 0. The van der Waals surface area contributed by atoms with Crippen LogP contribution < -0.4 is 10.6 Å². The number of nitrogens with one attached hydrogen (secondary N) is 2. The molecule has 0 bridgehead atoms. The molecule has 1 aromatic carbocycles. The van der Waals surface area contributed by atoms with Crippen molar-refractivity contribution in [3.8, 4) is 0 Å². The molecule has 0 spiro atoms. The van der Waals surface area contributed by atoms with Gasteiger partial charge in [-0.05, 0) is 31.2 Å². The summed E-state index contributed by atoms with van der Waals surface area (Å²) in [6.07, 6.45) is 2.23. The minimum Gasteiger partial charge on any atom is -0.357 e. The van der Waals surface area contributed by atoms with Crippen molar-refractivity contribution in [3.05, 3.63) is 35.9 Å². The van der Waals surface area contributed by atoms with Gasteiger partial charge in [-0.3, -0.25) is 14.7 Å². The Morgan fingerprint density at radius 3 is 2.81 bits per heavy atom. The van der Waals surface area contributed by atoms with Crippen LogP contribution in [-0.2, 0) is 11.2 Å². The second-order valence-electron chi connectivity index (χ2n) is 6.73. The molecule has 2 aliphatic heterocycles. The predicted molar refractivity (Wildman–Crippen MR) is 101 cm³/mol. The number of amides is 3. The number of hydrogen-bond donors (Lipinski definition) is 2. The standard InChI is InChI=1S/C19H27N5O2/c1-2-20-18(21-9-11-24-17(25)13-22-19(24)26)23-10-8-16(14-23)12-15-6-4-3-5-7-15/h3-7,16H,2,8-14H2,1H3,(H,20,21)(H,22,26). The lowest BCUT2D eigenvalue weighted by Crippen LogP contribution is -2.41. The molecule has 1 aromatic rings. The van der Waals surface area contributed by atoms with E-state index in [0.29, 0.717) is 19.0 Å². The van der Waals surface area contributed by atoms with Gasteiger partial charge < -0.3 is 15.5 Å². The van der Waals surface area contributed by atoms with Crippen molar-refractivity contribution < 1.29 is 9.59 Å². The van der Waals surface area contributed by atoms with Crippen LogP contribution in [0.2, 0.25) is 0 Å². The molecule has 2 fully saturated rings. The Hall–Kier alpha value is -2.57. The number of carbonyl (C=O) groups excluding carboxylic acids is 2. The largest absolute Gasteiger partial charge is 0.357 e. The maximum Gasteiger partial charge on any atom is 0.324 e. The number of carbonyl (C=O) groups is 2. The molecule has 2 N–H and O–H groups in total. The van der Waals surface area contributed by atoms with Gasteiger partial charge in [0.1, 0.15) is 0 Å². The third kappa shape index (κ3) is 4.53. The van der Waals surface area contributed by atoms with Crippen LogP contribution in [-0.4, -0.2) is 67.0 Å². The summed E-state index contributed by atoms with van der Waals surface area (Å²) >= 11 is 0. The fourth-order valence-electron chi connectivity index (χ4n) is 3.50. The van der Waals surface area contributed by atoms with Gasteiger partial charge in [0.2, 0.25) is 5.91 Å². The molecule has 3 amide bonds. The number of rotatable bonds is 6. The van der Waals surface area contributed by atoms with Crippen molar-refractivity contribution in [2.75, 3.05) is 39.3 Å². The Kier molecular flexibility index (Phi) is 6.09. The molecule has 0 saturated carbocycles. The summed E-state index contributed by atoms with van der Waals surface area (Å²) in [5.74, 6) is 1.31. The van der Waals surface area contributed by atoms with E-state index in [2.05, 4.69) is 44.8 Å². The number of nitrogens with zero attached hydrogens (tertiary/aromatic N) is 3. The van der Waals surface area contributed by atoms with Crippen LogP contribution in [0, 0.1) is 5.92 Å². The summed E-state index contributed by atoms with van der Waals surface area (Å²) in [4.78, 5) is 31.3. The van der Waals surface area contributed by atoms with Gasteiger partial charge in [-0.2, -0.15) is 0 Å². The van der Waals surface area contributed by atoms with Gasteiger partial charge in [0.05, 0.1) is 19.6 Å². The lowest BCUT2D eigenvalue weighted by Gasteiger charge is -2.22. The van der Waals surface area contributed by atoms with E-state index in [4.69, 9.17) is 0 Å². The van der Waals surface area contributed by atoms with E-state index in [-0.39, 0.29) is 18.5 Å². The number of hydrogen-bond acceptors (Lipinski definition) is 3. The van der Waals surface area contributed by atoms with Crippen molar-refractivity contribution >= 4 is 17.9 Å². The molecule has 3 rings (SSSR count). The summed E-state index contributed by atoms with van der Waals surface area (Å²) in [5.41, 5.74) is 1.37. The minimum absolute atomic E-state index is 0.0932. The monoisotopic (exact) mass is 357 g/mol. The molecule has 26 heavy (non-hydrogen) atoms. The Bertz CT molecular complexity index is 645. The normalized spacial score (nSPS) is 20.7. The van der Waals surface area contributed by atoms with Crippen LogP contribution in [0.5, 0.6) is 0 Å². The number of aliphatic imine (C=N–C) groups is 1. The van der Waals surface area contributed by atoms with Crippen LogP contribution in [0.25, 0.3) is 0 Å². The molecular formula is C19H27N5O2. The SMILES string of the molecule is CCNC(=NCCN1C(=O)CNC1=O)N1CCC(Cc2ccccc2)C1. The molecule has 7 nitrogen and oxygen atoms in total. The molecule has 1 atom stereocenters. The lowest BCUT2D eigenvalue weighted by molar-refractivity contribution is -0.124. The van der Waals surface area contributed by atoms with Gasteiger partial charge in [0.15, 0.2) is 5.96 Å². The van der Waals surface area contributed by atoms with E-state index in [1.54, 1.807) is 0 Å². The first-order valence-electron chi connectivity index (χ1n) is 9.32. The molecule has 2 aliphatic rings. The van der Waals surface area contributed by atoms with Crippen molar-refractivity contribution in [2.45, 2.75) is 19.8 Å². The van der Waals surface area contributed by atoms with Gasteiger partial charge in [-0.15, -0.1) is 0 Å². The average Bonchev–Trinajstić information content (AvgIpc) is 3.23. The zero-order chi connectivity index (χ0) is 18.4.